The zero-order valence-electron chi connectivity index (χ0n) is 10.8. The topological polar surface area (TPSA) is 12.0 Å². The predicted octanol–water partition coefficient (Wildman–Crippen LogP) is 4.81. The molecule has 0 radical (unpaired) electrons. The van der Waals surface area contributed by atoms with Crippen molar-refractivity contribution in [2.24, 2.45) is 0 Å². The molecule has 19 heavy (non-hydrogen) atoms. The second-order valence-corrected chi connectivity index (χ2v) is 5.71. The molecule has 0 aliphatic carbocycles. The van der Waals surface area contributed by atoms with Crippen molar-refractivity contribution in [2.75, 3.05) is 6.54 Å². The van der Waals surface area contributed by atoms with E-state index in [1.54, 1.807) is 11.3 Å². The molecule has 2 aromatic rings. The first-order valence-corrected chi connectivity index (χ1v) is 6.98. The van der Waals surface area contributed by atoms with Gasteiger partial charge in [0.25, 0.3) is 0 Å². The van der Waals surface area contributed by atoms with Crippen LogP contribution in [0.5, 0.6) is 0 Å². The molecule has 1 aromatic carbocycles. The Labute approximate surface area is 114 Å². The van der Waals surface area contributed by atoms with E-state index in [0.717, 1.165) is 10.4 Å². The summed E-state index contributed by atoms with van der Waals surface area (Å²) < 4.78 is 37.5. The summed E-state index contributed by atoms with van der Waals surface area (Å²) in [6.07, 6.45) is -4.89. The van der Waals surface area contributed by atoms with E-state index in [0.29, 0.717) is 0 Å². The van der Waals surface area contributed by atoms with Crippen LogP contribution in [0.25, 0.3) is 10.1 Å². The van der Waals surface area contributed by atoms with Gasteiger partial charge in [-0.2, -0.15) is 13.2 Å². The van der Waals surface area contributed by atoms with Gasteiger partial charge in [-0.3, -0.25) is 0 Å². The number of rotatable bonds is 4. The quantitative estimate of drug-likeness (QED) is 0.850. The Morgan fingerprint density at radius 2 is 1.95 bits per heavy atom. The molecular formula is C14H16F3NS. The minimum absolute atomic E-state index is 0.0433. The monoisotopic (exact) mass is 287 g/mol. The van der Waals surface area contributed by atoms with Crippen molar-refractivity contribution in [3.63, 3.8) is 0 Å². The van der Waals surface area contributed by atoms with Gasteiger partial charge in [0.15, 0.2) is 0 Å². The van der Waals surface area contributed by atoms with E-state index in [1.165, 1.54) is 10.1 Å². The number of alkyl halides is 3. The first-order valence-electron chi connectivity index (χ1n) is 6.16. The number of nitrogens with one attached hydrogen (secondary N) is 1. The third-order valence-corrected chi connectivity index (χ3v) is 4.59. The summed E-state index contributed by atoms with van der Waals surface area (Å²) in [6, 6.07) is 7.99. The molecule has 1 aromatic heterocycles. The number of benzene rings is 1. The Kier molecular flexibility index (Phi) is 4.16. The Morgan fingerprint density at radius 3 is 2.58 bits per heavy atom. The number of hydrogen-bond acceptors (Lipinski definition) is 2. The van der Waals surface area contributed by atoms with E-state index in [-0.39, 0.29) is 12.6 Å². The molecule has 0 saturated heterocycles. The molecule has 0 aliphatic rings. The maximum absolute atomic E-state index is 12.1. The van der Waals surface area contributed by atoms with E-state index in [2.05, 4.69) is 5.32 Å². The number of halogens is 3. The maximum atomic E-state index is 12.1. The number of aryl methyl sites for hydroxylation is 1. The van der Waals surface area contributed by atoms with Gasteiger partial charge in [0.05, 0.1) is 6.42 Å². The molecule has 0 fully saturated rings. The van der Waals surface area contributed by atoms with Gasteiger partial charge in [-0.25, -0.2) is 0 Å². The summed E-state index contributed by atoms with van der Waals surface area (Å²) in [5.41, 5.74) is 1.16. The molecule has 1 unspecified atom stereocenters. The molecule has 0 amide bonds. The fourth-order valence-corrected chi connectivity index (χ4v) is 3.37. The summed E-state index contributed by atoms with van der Waals surface area (Å²) in [4.78, 5) is 1.11. The van der Waals surface area contributed by atoms with E-state index < -0.39 is 12.6 Å². The summed E-state index contributed by atoms with van der Waals surface area (Å²) in [5.74, 6) is 0. The van der Waals surface area contributed by atoms with Crippen molar-refractivity contribution in [1.29, 1.82) is 0 Å². The number of hydrogen-bond donors (Lipinski definition) is 1. The summed E-state index contributed by atoms with van der Waals surface area (Å²) >= 11 is 1.65. The summed E-state index contributed by atoms with van der Waals surface area (Å²) in [7, 11) is 0. The largest absolute Gasteiger partial charge is 0.390 e. The van der Waals surface area contributed by atoms with Crippen molar-refractivity contribution in [1.82, 2.24) is 5.32 Å². The van der Waals surface area contributed by atoms with Crippen LogP contribution in [-0.4, -0.2) is 12.7 Å². The van der Waals surface area contributed by atoms with Crippen molar-refractivity contribution in [3.8, 4) is 0 Å². The molecule has 104 valence electrons. The lowest BCUT2D eigenvalue weighted by Crippen LogP contribution is -2.24. The van der Waals surface area contributed by atoms with E-state index in [1.807, 2.05) is 38.1 Å². The van der Waals surface area contributed by atoms with E-state index in [9.17, 15) is 13.2 Å². The van der Waals surface area contributed by atoms with Crippen molar-refractivity contribution < 1.29 is 13.2 Å². The normalized spacial score (nSPS) is 13.9. The van der Waals surface area contributed by atoms with Crippen LogP contribution in [0.2, 0.25) is 0 Å². The van der Waals surface area contributed by atoms with Crippen LogP contribution in [0.4, 0.5) is 13.2 Å². The highest BCUT2D eigenvalue weighted by Crippen LogP contribution is 2.34. The highest BCUT2D eigenvalue weighted by molar-refractivity contribution is 7.19. The van der Waals surface area contributed by atoms with Crippen molar-refractivity contribution >= 4 is 21.4 Å². The van der Waals surface area contributed by atoms with Crippen molar-refractivity contribution in [3.05, 3.63) is 34.7 Å². The van der Waals surface area contributed by atoms with Gasteiger partial charge >= 0.3 is 6.18 Å². The second kappa shape index (κ2) is 5.51. The molecule has 2 rings (SSSR count). The molecular weight excluding hydrogens is 271 g/mol. The summed E-state index contributed by atoms with van der Waals surface area (Å²) in [5, 5.41) is 4.13. The fraction of sp³-hybridized carbons (Fsp3) is 0.429. The fourth-order valence-electron chi connectivity index (χ4n) is 2.13. The van der Waals surface area contributed by atoms with E-state index in [4.69, 9.17) is 0 Å². The maximum Gasteiger partial charge on any atom is 0.390 e. The minimum Gasteiger partial charge on any atom is -0.309 e. The average molecular weight is 287 g/mol. The summed E-state index contributed by atoms with van der Waals surface area (Å²) in [6.45, 7) is 3.89. The van der Waals surface area contributed by atoms with Crippen LogP contribution in [0, 0.1) is 6.92 Å². The van der Waals surface area contributed by atoms with Crippen molar-refractivity contribution in [2.45, 2.75) is 32.5 Å². The molecule has 1 nitrogen and oxygen atoms in total. The predicted molar refractivity (Wildman–Crippen MR) is 73.7 cm³/mol. The Morgan fingerprint density at radius 1 is 1.26 bits per heavy atom. The van der Waals surface area contributed by atoms with Gasteiger partial charge in [-0.05, 0) is 30.9 Å². The number of fused-ring (bicyclic) bond motifs is 1. The van der Waals surface area contributed by atoms with Crippen LogP contribution in [0.15, 0.2) is 24.3 Å². The lowest BCUT2D eigenvalue weighted by Gasteiger charge is -2.14. The third kappa shape index (κ3) is 3.48. The standard InChI is InChI=1S/C14H16F3NS/c1-9-11-5-3-4-6-12(11)19-13(9)10(2)18-8-7-14(15,16)17/h3-6,10,18H,7-8H2,1-2H3. The van der Waals surface area contributed by atoms with Gasteiger partial charge in [0.2, 0.25) is 0 Å². The number of thiophene rings is 1. The molecule has 0 spiro atoms. The lowest BCUT2D eigenvalue weighted by molar-refractivity contribution is -0.133. The molecule has 1 atom stereocenters. The third-order valence-electron chi connectivity index (χ3n) is 3.13. The average Bonchev–Trinajstić information content (AvgIpc) is 2.66. The van der Waals surface area contributed by atoms with Crippen LogP contribution in [-0.2, 0) is 0 Å². The van der Waals surface area contributed by atoms with Gasteiger partial charge in [0, 0.05) is 22.2 Å². The molecule has 1 heterocycles. The zero-order chi connectivity index (χ0) is 14.0. The van der Waals surface area contributed by atoms with Crippen LogP contribution in [0.1, 0.15) is 29.8 Å². The first kappa shape index (κ1) is 14.3. The molecule has 1 N–H and O–H groups in total. The molecule has 0 aliphatic heterocycles. The van der Waals surface area contributed by atoms with E-state index >= 15 is 0 Å². The zero-order valence-corrected chi connectivity index (χ0v) is 11.7. The van der Waals surface area contributed by atoms with Gasteiger partial charge in [-0.15, -0.1) is 11.3 Å². The Balaban J connectivity index is 2.09. The Hall–Kier alpha value is -1.07. The highest BCUT2D eigenvalue weighted by Gasteiger charge is 2.26. The molecule has 0 saturated carbocycles. The smallest absolute Gasteiger partial charge is 0.309 e. The van der Waals surface area contributed by atoms with Gasteiger partial charge in [0.1, 0.15) is 0 Å². The van der Waals surface area contributed by atoms with Crippen LogP contribution >= 0.6 is 11.3 Å². The molecule has 0 bridgehead atoms. The lowest BCUT2D eigenvalue weighted by atomic mass is 10.1. The van der Waals surface area contributed by atoms with Gasteiger partial charge < -0.3 is 5.32 Å². The van der Waals surface area contributed by atoms with Crippen LogP contribution < -0.4 is 5.32 Å². The Bertz CT molecular complexity index is 559. The minimum atomic E-state index is -4.10. The molecule has 5 heteroatoms. The SMILES string of the molecule is Cc1c(C(C)NCCC(F)(F)F)sc2ccccc12. The first-order chi connectivity index (χ1) is 8.88. The van der Waals surface area contributed by atoms with Gasteiger partial charge in [-0.1, -0.05) is 18.2 Å². The second-order valence-electron chi connectivity index (χ2n) is 4.63. The van der Waals surface area contributed by atoms with Crippen LogP contribution in [0.3, 0.4) is 0 Å². The highest BCUT2D eigenvalue weighted by atomic mass is 32.1.